The highest BCUT2D eigenvalue weighted by molar-refractivity contribution is 5.90. The molecule has 0 aliphatic rings. The van der Waals surface area contributed by atoms with Gasteiger partial charge in [0.05, 0.1) is 0 Å². The van der Waals surface area contributed by atoms with E-state index < -0.39 is 70.3 Å². The van der Waals surface area contributed by atoms with E-state index in [1.165, 1.54) is 0 Å². The Labute approximate surface area is 437 Å². The van der Waals surface area contributed by atoms with E-state index in [9.17, 15) is 28.8 Å². The fourth-order valence-electron chi connectivity index (χ4n) is 8.46. The predicted octanol–water partition coefficient (Wildman–Crippen LogP) is 17.6. The Kier molecular flexibility index (Phi) is 41.9. The van der Waals surface area contributed by atoms with Crippen molar-refractivity contribution in [3.8, 4) is 34.5 Å². The summed E-state index contributed by atoms with van der Waals surface area (Å²) in [4.78, 5) is 84.1. The molecule has 0 unspecified atom stereocenters. The predicted molar refractivity (Wildman–Crippen MR) is 288 cm³/mol. The number of carbonyl (C=O) groups excluding carboxylic acids is 6. The second kappa shape index (κ2) is 45.6. The van der Waals surface area contributed by atoms with Gasteiger partial charge in [0.25, 0.3) is 0 Å². The molecule has 0 heterocycles. The maximum Gasteiger partial charge on any atom is 0.311 e. The van der Waals surface area contributed by atoms with Crippen LogP contribution in [0, 0.1) is 0 Å². The largest absolute Gasteiger partial charge is 0.418 e. The van der Waals surface area contributed by atoms with E-state index in [0.717, 1.165) is 193 Å². The summed E-state index contributed by atoms with van der Waals surface area (Å²) in [5, 5.41) is 0. The average Bonchev–Trinajstić information content (AvgIpc) is 3.36. The van der Waals surface area contributed by atoms with Crippen molar-refractivity contribution in [1.29, 1.82) is 0 Å². The standard InChI is InChI=1S/C60H102O12/c1-7-13-19-25-31-37-43-49(61)67-55-56(68-50(62)44-38-32-26-20-14-8-2)58(70-52(64)46-40-34-28-22-16-10-4)60(72-54(66)48-42-36-30-24-18-12-6)59(71-53(65)47-41-35-29-23-17-11-5)57(55)69-51(63)45-39-33-27-21-15-9-3/h7-48H2,1-6H3. The maximum atomic E-state index is 14.0. The van der Waals surface area contributed by atoms with Crippen molar-refractivity contribution in [2.45, 2.75) is 311 Å². The van der Waals surface area contributed by atoms with Gasteiger partial charge in [0.1, 0.15) is 0 Å². The van der Waals surface area contributed by atoms with Crippen molar-refractivity contribution in [3.63, 3.8) is 0 Å². The monoisotopic (exact) mass is 1010 g/mol. The second-order valence-electron chi connectivity index (χ2n) is 19.9. The highest BCUT2D eigenvalue weighted by atomic mass is 16.6. The Morgan fingerprint density at radius 3 is 0.431 bits per heavy atom. The zero-order valence-electron chi connectivity index (χ0n) is 46.6. The minimum Gasteiger partial charge on any atom is -0.418 e. The van der Waals surface area contributed by atoms with Gasteiger partial charge in [-0.05, 0) is 38.5 Å². The first-order valence-electron chi connectivity index (χ1n) is 29.5. The molecule has 0 saturated carbocycles. The molecule has 1 aromatic carbocycles. The third-order valence-electron chi connectivity index (χ3n) is 12.9. The highest BCUT2D eigenvalue weighted by Gasteiger charge is 2.38. The Bertz CT molecular complexity index is 1300. The van der Waals surface area contributed by atoms with Crippen molar-refractivity contribution < 1.29 is 57.2 Å². The van der Waals surface area contributed by atoms with Crippen molar-refractivity contribution in [1.82, 2.24) is 0 Å². The molecule has 0 N–H and O–H groups in total. The molecule has 12 nitrogen and oxygen atoms in total. The van der Waals surface area contributed by atoms with Crippen molar-refractivity contribution >= 4 is 35.8 Å². The van der Waals surface area contributed by atoms with Gasteiger partial charge in [0.2, 0.25) is 34.5 Å². The molecule has 0 amide bonds. The van der Waals surface area contributed by atoms with Crippen LogP contribution < -0.4 is 28.4 Å². The summed E-state index contributed by atoms with van der Waals surface area (Å²) in [5.74, 6) is -7.71. The van der Waals surface area contributed by atoms with Crippen LogP contribution in [0.15, 0.2) is 0 Å². The van der Waals surface area contributed by atoms with E-state index in [4.69, 9.17) is 28.4 Å². The summed E-state index contributed by atoms with van der Waals surface area (Å²) in [6.45, 7) is 12.8. The SMILES string of the molecule is CCCCCCCCC(=O)Oc1c(OC(=O)CCCCCCCC)c(OC(=O)CCCCCCCC)c(OC(=O)CCCCCCCC)c(OC(=O)CCCCCCCC)c1OC(=O)CCCCCCCC. The first kappa shape index (κ1) is 66.1. The molecule has 0 aliphatic carbocycles. The summed E-state index contributed by atoms with van der Waals surface area (Å²) in [6, 6.07) is 0. The first-order chi connectivity index (χ1) is 35.1. The number of benzene rings is 1. The van der Waals surface area contributed by atoms with Crippen LogP contribution in [0.4, 0.5) is 0 Å². The maximum absolute atomic E-state index is 14.0. The van der Waals surface area contributed by atoms with Crippen molar-refractivity contribution in [2.24, 2.45) is 0 Å². The molecular formula is C60H102O12. The number of esters is 6. The van der Waals surface area contributed by atoms with Gasteiger partial charge in [0, 0.05) is 38.5 Å². The molecule has 72 heavy (non-hydrogen) atoms. The van der Waals surface area contributed by atoms with E-state index in [0.29, 0.717) is 38.5 Å². The number of hydrogen-bond acceptors (Lipinski definition) is 12. The fourth-order valence-corrected chi connectivity index (χ4v) is 8.46. The molecule has 0 aromatic heterocycles. The van der Waals surface area contributed by atoms with Gasteiger partial charge >= 0.3 is 35.8 Å². The van der Waals surface area contributed by atoms with Crippen LogP contribution in [0.3, 0.4) is 0 Å². The number of rotatable bonds is 48. The lowest BCUT2D eigenvalue weighted by Gasteiger charge is -2.23. The van der Waals surface area contributed by atoms with Gasteiger partial charge in [-0.2, -0.15) is 0 Å². The topological polar surface area (TPSA) is 158 Å². The number of ether oxygens (including phenoxy) is 6. The van der Waals surface area contributed by atoms with Crippen LogP contribution in [0.5, 0.6) is 34.5 Å². The fraction of sp³-hybridized carbons (Fsp3) is 0.800. The summed E-state index contributed by atoms with van der Waals surface area (Å²) in [7, 11) is 0. The zero-order valence-corrected chi connectivity index (χ0v) is 46.6. The second-order valence-corrected chi connectivity index (χ2v) is 19.9. The molecule has 0 aliphatic heterocycles. The smallest absolute Gasteiger partial charge is 0.311 e. The summed E-state index contributed by atoms with van der Waals surface area (Å²) in [6.07, 6.45) is 32.1. The molecule has 0 fully saturated rings. The molecule has 1 rings (SSSR count). The van der Waals surface area contributed by atoms with Crippen LogP contribution in [0.1, 0.15) is 311 Å². The molecule has 0 spiro atoms. The molecular weight excluding hydrogens is 913 g/mol. The summed E-state index contributed by atoms with van der Waals surface area (Å²) < 4.78 is 36.7. The average molecular weight is 1020 g/mol. The van der Waals surface area contributed by atoms with E-state index in [1.807, 2.05) is 0 Å². The lowest BCUT2D eigenvalue weighted by Crippen LogP contribution is -2.20. The van der Waals surface area contributed by atoms with Crippen LogP contribution >= 0.6 is 0 Å². The van der Waals surface area contributed by atoms with Crippen molar-refractivity contribution in [2.75, 3.05) is 0 Å². The molecule has 1 aromatic rings. The quantitative estimate of drug-likeness (QED) is 0.0346. The van der Waals surface area contributed by atoms with Crippen LogP contribution in [-0.4, -0.2) is 35.8 Å². The molecule has 12 heteroatoms. The van der Waals surface area contributed by atoms with E-state index in [-0.39, 0.29) is 38.5 Å². The Morgan fingerprint density at radius 2 is 0.306 bits per heavy atom. The number of hydrogen-bond donors (Lipinski definition) is 0. The van der Waals surface area contributed by atoms with E-state index >= 15 is 0 Å². The van der Waals surface area contributed by atoms with Crippen molar-refractivity contribution in [3.05, 3.63) is 0 Å². The van der Waals surface area contributed by atoms with Crippen LogP contribution in [0.2, 0.25) is 0 Å². The van der Waals surface area contributed by atoms with Crippen LogP contribution in [-0.2, 0) is 28.8 Å². The lowest BCUT2D eigenvalue weighted by molar-refractivity contribution is -0.140. The van der Waals surface area contributed by atoms with Gasteiger partial charge in [0.15, 0.2) is 0 Å². The van der Waals surface area contributed by atoms with Gasteiger partial charge in [-0.15, -0.1) is 0 Å². The molecule has 414 valence electrons. The molecule has 0 bridgehead atoms. The lowest BCUT2D eigenvalue weighted by atomic mass is 10.1. The van der Waals surface area contributed by atoms with E-state index in [1.54, 1.807) is 0 Å². The van der Waals surface area contributed by atoms with Gasteiger partial charge in [-0.3, -0.25) is 28.8 Å². The highest BCUT2D eigenvalue weighted by Crippen LogP contribution is 2.59. The Hall–Kier alpha value is -3.96. The number of unbranched alkanes of at least 4 members (excludes halogenated alkanes) is 30. The van der Waals surface area contributed by atoms with Gasteiger partial charge in [-0.1, -0.05) is 234 Å². The Balaban J connectivity index is 4.21. The zero-order chi connectivity index (χ0) is 52.9. The Morgan fingerprint density at radius 1 is 0.194 bits per heavy atom. The van der Waals surface area contributed by atoms with Crippen LogP contribution in [0.25, 0.3) is 0 Å². The van der Waals surface area contributed by atoms with E-state index in [2.05, 4.69) is 41.5 Å². The summed E-state index contributed by atoms with van der Waals surface area (Å²) in [5.41, 5.74) is 0. The summed E-state index contributed by atoms with van der Waals surface area (Å²) >= 11 is 0. The molecule has 0 atom stereocenters. The third-order valence-corrected chi connectivity index (χ3v) is 12.9. The first-order valence-corrected chi connectivity index (χ1v) is 29.5. The normalized spacial score (nSPS) is 11.1. The minimum atomic E-state index is -0.728. The number of carbonyl (C=O) groups is 6. The molecule has 0 radical (unpaired) electrons. The minimum absolute atomic E-state index is 0.0300. The van der Waals surface area contributed by atoms with Gasteiger partial charge < -0.3 is 28.4 Å². The van der Waals surface area contributed by atoms with Gasteiger partial charge in [-0.25, -0.2) is 0 Å². The molecule has 0 saturated heterocycles. The third kappa shape index (κ3) is 33.0.